The monoisotopic (exact) mass is 563 g/mol. The molecule has 9 heteroatoms. The minimum atomic E-state index is -4.60. The van der Waals surface area contributed by atoms with Crippen molar-refractivity contribution in [2.45, 2.75) is 25.9 Å². The molecule has 0 spiro atoms. The first-order valence-electron chi connectivity index (χ1n) is 12.7. The standard InChI is InChI=1S/C31H27F3N2O3S/c1-2-13-35-30(39)36-14-12-22-16-23(28(37)19-6-4-3-5-7-19)15-20-8-9-21(17-26(20)22)27-18-24(31(32,33)34)10-11-25(27)29(38)40/h3-11,15-18H,2,12-14H2,1H3,(H,38,40)(H2,35,36,39)/p-1. The Labute approximate surface area is 235 Å². The van der Waals surface area contributed by atoms with E-state index in [-0.39, 0.29) is 29.5 Å². The second-order valence-electron chi connectivity index (χ2n) is 9.24. The number of carbonyl (C=O) groups is 3. The third-order valence-electron chi connectivity index (χ3n) is 6.43. The molecule has 2 amide bonds. The average molecular weight is 564 g/mol. The number of carbonyl (C=O) groups excluding carboxylic acids is 3. The lowest BCUT2D eigenvalue weighted by Crippen LogP contribution is -2.36. The van der Waals surface area contributed by atoms with Gasteiger partial charge in [-0.1, -0.05) is 55.5 Å². The van der Waals surface area contributed by atoms with Crippen LogP contribution in [0.25, 0.3) is 21.9 Å². The van der Waals surface area contributed by atoms with Crippen LogP contribution in [-0.4, -0.2) is 30.0 Å². The Morgan fingerprint density at radius 1 is 0.825 bits per heavy atom. The van der Waals surface area contributed by atoms with Gasteiger partial charge in [0.2, 0.25) is 0 Å². The van der Waals surface area contributed by atoms with Crippen molar-refractivity contribution in [2.24, 2.45) is 0 Å². The minimum Gasteiger partial charge on any atom is -0.737 e. The molecule has 0 bridgehead atoms. The molecule has 0 unspecified atom stereocenters. The van der Waals surface area contributed by atoms with Crippen LogP contribution in [0.2, 0.25) is 0 Å². The van der Waals surface area contributed by atoms with Crippen molar-refractivity contribution >= 4 is 40.3 Å². The van der Waals surface area contributed by atoms with Crippen LogP contribution in [0.3, 0.4) is 0 Å². The summed E-state index contributed by atoms with van der Waals surface area (Å²) in [6, 6.07) is 19.8. The predicted molar refractivity (Wildman–Crippen MR) is 151 cm³/mol. The topological polar surface area (TPSA) is 75.3 Å². The maximum atomic E-state index is 13.5. The summed E-state index contributed by atoms with van der Waals surface area (Å²) in [4.78, 5) is 37.4. The van der Waals surface area contributed by atoms with Gasteiger partial charge in [0.25, 0.3) is 0 Å². The van der Waals surface area contributed by atoms with Gasteiger partial charge in [0.1, 0.15) is 0 Å². The van der Waals surface area contributed by atoms with Crippen LogP contribution >= 0.6 is 0 Å². The molecule has 0 aliphatic heterocycles. The number of hydrogen-bond acceptors (Lipinski definition) is 4. The zero-order chi connectivity index (χ0) is 28.9. The fraction of sp³-hybridized carbons (Fsp3) is 0.194. The van der Waals surface area contributed by atoms with Crippen molar-refractivity contribution in [3.63, 3.8) is 0 Å². The lowest BCUT2D eigenvalue weighted by Gasteiger charge is -2.17. The van der Waals surface area contributed by atoms with Gasteiger partial charge >= 0.3 is 12.2 Å². The molecule has 0 fully saturated rings. The van der Waals surface area contributed by atoms with Crippen LogP contribution in [0.5, 0.6) is 0 Å². The number of rotatable bonds is 9. The Hall–Kier alpha value is -4.24. The van der Waals surface area contributed by atoms with Gasteiger partial charge in [-0.2, -0.15) is 13.2 Å². The Morgan fingerprint density at radius 2 is 1.55 bits per heavy atom. The van der Waals surface area contributed by atoms with Crippen molar-refractivity contribution in [3.8, 4) is 11.1 Å². The molecule has 0 aliphatic carbocycles. The maximum absolute atomic E-state index is 13.5. The highest BCUT2D eigenvalue weighted by atomic mass is 32.1. The number of amides is 2. The summed E-state index contributed by atoms with van der Waals surface area (Å²) < 4.78 is 40.5. The molecule has 0 saturated heterocycles. The molecule has 0 aromatic heterocycles. The SMILES string of the molecule is CCCNC(=O)NCCc1cc(C(=O)c2ccccc2)cc2ccc(-c3cc(C(F)(F)F)ccc3C(=O)[S-])cc12. The number of halogens is 3. The summed E-state index contributed by atoms with van der Waals surface area (Å²) in [6.07, 6.45) is -3.46. The van der Waals surface area contributed by atoms with Crippen molar-refractivity contribution < 1.29 is 27.6 Å². The van der Waals surface area contributed by atoms with Gasteiger partial charge in [-0.15, -0.1) is 0 Å². The van der Waals surface area contributed by atoms with Crippen molar-refractivity contribution in [3.05, 3.63) is 107 Å². The second kappa shape index (κ2) is 12.3. The molecule has 0 radical (unpaired) electrons. The van der Waals surface area contributed by atoms with Crippen LogP contribution < -0.4 is 10.6 Å². The fourth-order valence-corrected chi connectivity index (χ4v) is 4.62. The molecular formula is C31H26F3N2O3S-. The van der Waals surface area contributed by atoms with E-state index in [1.54, 1.807) is 54.6 Å². The van der Waals surface area contributed by atoms with E-state index >= 15 is 0 Å². The zero-order valence-corrected chi connectivity index (χ0v) is 22.4. The summed E-state index contributed by atoms with van der Waals surface area (Å²) in [6.45, 7) is 2.73. The van der Waals surface area contributed by atoms with Crippen molar-refractivity contribution in [2.75, 3.05) is 13.1 Å². The number of nitrogens with one attached hydrogen (secondary N) is 2. The first kappa shape index (κ1) is 28.8. The number of benzene rings is 4. The molecule has 0 aliphatic rings. The Kier molecular flexibility index (Phi) is 8.84. The molecule has 206 valence electrons. The van der Waals surface area contributed by atoms with Gasteiger partial charge in [0.05, 0.1) is 5.56 Å². The van der Waals surface area contributed by atoms with E-state index in [1.165, 1.54) is 0 Å². The molecule has 4 aromatic carbocycles. The zero-order valence-electron chi connectivity index (χ0n) is 21.6. The summed E-state index contributed by atoms with van der Waals surface area (Å²) in [5, 5.41) is 6.12. The Balaban J connectivity index is 1.81. The summed E-state index contributed by atoms with van der Waals surface area (Å²) >= 11 is 4.79. The highest BCUT2D eigenvalue weighted by Gasteiger charge is 2.31. The first-order chi connectivity index (χ1) is 19.1. The molecule has 4 aromatic rings. The quantitative estimate of drug-likeness (QED) is 0.176. The van der Waals surface area contributed by atoms with Gasteiger partial charge in [-0.25, -0.2) is 4.79 Å². The molecule has 40 heavy (non-hydrogen) atoms. The van der Waals surface area contributed by atoms with E-state index in [4.69, 9.17) is 12.6 Å². The minimum absolute atomic E-state index is 0.00552. The third-order valence-corrected chi connectivity index (χ3v) is 6.65. The number of ketones is 1. The average Bonchev–Trinajstić information content (AvgIpc) is 2.94. The number of hydrogen-bond donors (Lipinski definition) is 2. The normalized spacial score (nSPS) is 11.3. The highest BCUT2D eigenvalue weighted by Crippen LogP contribution is 2.36. The second-order valence-corrected chi connectivity index (χ2v) is 9.62. The van der Waals surface area contributed by atoms with Gasteiger partial charge < -0.3 is 28.1 Å². The van der Waals surface area contributed by atoms with Gasteiger partial charge in [-0.05, 0) is 70.6 Å². The molecule has 0 heterocycles. The van der Waals surface area contributed by atoms with Crippen LogP contribution in [0.4, 0.5) is 18.0 Å². The molecular weight excluding hydrogens is 537 g/mol. The van der Waals surface area contributed by atoms with E-state index < -0.39 is 16.9 Å². The smallest absolute Gasteiger partial charge is 0.416 e. The van der Waals surface area contributed by atoms with E-state index in [9.17, 15) is 27.6 Å². The van der Waals surface area contributed by atoms with E-state index in [2.05, 4.69) is 10.6 Å². The fourth-order valence-electron chi connectivity index (χ4n) is 4.45. The maximum Gasteiger partial charge on any atom is 0.416 e. The van der Waals surface area contributed by atoms with E-state index in [1.807, 2.05) is 13.0 Å². The molecule has 4 rings (SSSR count). The number of urea groups is 1. The molecule has 0 atom stereocenters. The largest absolute Gasteiger partial charge is 0.737 e. The van der Waals surface area contributed by atoms with Crippen LogP contribution in [0.15, 0.2) is 78.9 Å². The number of fused-ring (bicyclic) bond motifs is 1. The molecule has 5 nitrogen and oxygen atoms in total. The molecule has 2 N–H and O–H groups in total. The summed E-state index contributed by atoms with van der Waals surface area (Å²) in [7, 11) is 0. The van der Waals surface area contributed by atoms with E-state index in [0.717, 1.165) is 24.6 Å². The Morgan fingerprint density at radius 3 is 2.23 bits per heavy atom. The van der Waals surface area contributed by atoms with E-state index in [0.29, 0.717) is 46.0 Å². The summed E-state index contributed by atoms with van der Waals surface area (Å²) in [5.74, 6) is -0.182. The number of alkyl halides is 3. The van der Waals surface area contributed by atoms with Crippen molar-refractivity contribution in [1.29, 1.82) is 0 Å². The van der Waals surface area contributed by atoms with Gasteiger partial charge in [0.15, 0.2) is 5.78 Å². The lowest BCUT2D eigenvalue weighted by atomic mass is 9.91. The highest BCUT2D eigenvalue weighted by molar-refractivity contribution is 7.77. The molecule has 0 saturated carbocycles. The van der Waals surface area contributed by atoms with Crippen LogP contribution in [0.1, 0.15) is 50.8 Å². The van der Waals surface area contributed by atoms with Gasteiger partial charge in [-0.3, -0.25) is 4.79 Å². The van der Waals surface area contributed by atoms with Crippen LogP contribution in [-0.2, 0) is 25.2 Å². The first-order valence-corrected chi connectivity index (χ1v) is 13.1. The lowest BCUT2D eigenvalue weighted by molar-refractivity contribution is -0.137. The van der Waals surface area contributed by atoms with Gasteiger partial charge in [0, 0.05) is 34.9 Å². The Bertz CT molecular complexity index is 1570. The third kappa shape index (κ3) is 6.66. The predicted octanol–water partition coefficient (Wildman–Crippen LogP) is 6.70. The van der Waals surface area contributed by atoms with Crippen LogP contribution in [0, 0.1) is 0 Å². The van der Waals surface area contributed by atoms with Crippen molar-refractivity contribution in [1.82, 2.24) is 10.6 Å². The summed E-state index contributed by atoms with van der Waals surface area (Å²) in [5.41, 5.74) is 1.22.